The molecule has 0 saturated carbocycles. The monoisotopic (exact) mass is 496 g/mol. The maximum absolute atomic E-state index is 14.6. The highest BCUT2D eigenvalue weighted by Gasteiger charge is 2.31. The topological polar surface area (TPSA) is 58.6 Å². The third-order valence-corrected chi connectivity index (χ3v) is 6.00. The molecule has 3 aromatic rings. The van der Waals surface area contributed by atoms with E-state index < -0.39 is 17.8 Å². The first kappa shape index (κ1) is 26.2. The molecule has 0 saturated heterocycles. The first-order chi connectivity index (χ1) is 16.9. The zero-order chi connectivity index (χ0) is 25.2. The van der Waals surface area contributed by atoms with Gasteiger partial charge in [-0.3, -0.25) is 9.59 Å². The predicted molar refractivity (Wildman–Crippen MR) is 136 cm³/mol. The Kier molecular flexibility index (Phi) is 9.67. The van der Waals surface area contributed by atoms with Gasteiger partial charge in [-0.25, -0.2) is 4.39 Å². The van der Waals surface area contributed by atoms with Crippen LogP contribution in [-0.4, -0.2) is 35.4 Å². The lowest BCUT2D eigenvalue weighted by atomic mass is 10.0. The SMILES string of the molecule is CC[C@@H](C)NC(=O)[C@H](Cc1ccccc1)N(Cc1ccccc1F)C(=O)COc1ccc(Cl)cc1. The van der Waals surface area contributed by atoms with Gasteiger partial charge in [0, 0.05) is 29.6 Å². The van der Waals surface area contributed by atoms with Crippen molar-refractivity contribution < 1.29 is 18.7 Å². The van der Waals surface area contributed by atoms with E-state index in [1.807, 2.05) is 44.2 Å². The van der Waals surface area contributed by atoms with E-state index in [4.69, 9.17) is 16.3 Å². The van der Waals surface area contributed by atoms with Crippen LogP contribution in [0, 0.1) is 5.82 Å². The van der Waals surface area contributed by atoms with E-state index in [0.29, 0.717) is 16.3 Å². The number of nitrogens with zero attached hydrogens (tertiary/aromatic N) is 1. The minimum atomic E-state index is -0.854. The molecule has 1 N–H and O–H groups in total. The second kappa shape index (κ2) is 12.9. The Morgan fingerprint density at radius 1 is 1.00 bits per heavy atom. The van der Waals surface area contributed by atoms with Gasteiger partial charge in [0.2, 0.25) is 5.91 Å². The van der Waals surface area contributed by atoms with Crippen LogP contribution in [0.2, 0.25) is 5.02 Å². The summed E-state index contributed by atoms with van der Waals surface area (Å²) in [6, 6.07) is 21.4. The normalized spacial score (nSPS) is 12.5. The second-order valence-electron chi connectivity index (χ2n) is 8.38. The van der Waals surface area contributed by atoms with E-state index in [0.717, 1.165) is 12.0 Å². The van der Waals surface area contributed by atoms with Crippen molar-refractivity contribution in [1.82, 2.24) is 10.2 Å². The molecule has 5 nitrogen and oxygen atoms in total. The van der Waals surface area contributed by atoms with Crippen LogP contribution in [-0.2, 0) is 22.6 Å². The van der Waals surface area contributed by atoms with Crippen molar-refractivity contribution in [3.05, 3.63) is 101 Å². The van der Waals surface area contributed by atoms with Gasteiger partial charge < -0.3 is 15.0 Å². The molecule has 0 radical (unpaired) electrons. The Balaban J connectivity index is 1.91. The summed E-state index contributed by atoms with van der Waals surface area (Å²) in [6.45, 7) is 3.50. The number of halogens is 2. The van der Waals surface area contributed by atoms with E-state index >= 15 is 0 Å². The summed E-state index contributed by atoms with van der Waals surface area (Å²) in [5, 5.41) is 3.53. The van der Waals surface area contributed by atoms with E-state index in [1.54, 1.807) is 42.5 Å². The molecule has 0 heterocycles. The van der Waals surface area contributed by atoms with Gasteiger partial charge in [-0.1, -0.05) is 67.1 Å². The standard InChI is InChI=1S/C28H30ClFN2O3/c1-3-20(2)31-28(34)26(17-21-9-5-4-6-10-21)32(18-22-11-7-8-12-25(22)30)27(33)19-35-24-15-13-23(29)14-16-24/h4-16,20,26H,3,17-19H2,1-2H3,(H,31,34)/t20-,26+/m1/s1. The number of ether oxygens (including phenoxy) is 1. The Labute approximate surface area is 210 Å². The first-order valence-corrected chi connectivity index (χ1v) is 12.0. The number of nitrogens with one attached hydrogen (secondary N) is 1. The lowest BCUT2D eigenvalue weighted by Crippen LogP contribution is -2.53. The summed E-state index contributed by atoms with van der Waals surface area (Å²) in [5.74, 6) is -0.690. The summed E-state index contributed by atoms with van der Waals surface area (Å²) in [6.07, 6.45) is 1.02. The fourth-order valence-corrected chi connectivity index (χ4v) is 3.69. The third-order valence-electron chi connectivity index (χ3n) is 5.75. The van der Waals surface area contributed by atoms with Gasteiger partial charge in [0.1, 0.15) is 17.6 Å². The predicted octanol–water partition coefficient (Wildman–Crippen LogP) is 5.41. The molecule has 0 aliphatic rings. The van der Waals surface area contributed by atoms with Crippen molar-refractivity contribution in [2.75, 3.05) is 6.61 Å². The minimum Gasteiger partial charge on any atom is -0.484 e. The Morgan fingerprint density at radius 3 is 2.31 bits per heavy atom. The molecule has 2 atom stereocenters. The zero-order valence-electron chi connectivity index (χ0n) is 19.9. The quantitative estimate of drug-likeness (QED) is 0.386. The van der Waals surface area contributed by atoms with Crippen LogP contribution in [0.4, 0.5) is 4.39 Å². The highest BCUT2D eigenvalue weighted by Crippen LogP contribution is 2.19. The Morgan fingerprint density at radius 2 is 1.66 bits per heavy atom. The summed E-state index contributed by atoms with van der Waals surface area (Å²) in [4.78, 5) is 28.3. The third kappa shape index (κ3) is 7.82. The van der Waals surface area contributed by atoms with E-state index in [-0.39, 0.29) is 31.5 Å². The molecule has 0 aliphatic carbocycles. The lowest BCUT2D eigenvalue weighted by molar-refractivity contribution is -0.143. The highest BCUT2D eigenvalue weighted by molar-refractivity contribution is 6.30. The molecule has 35 heavy (non-hydrogen) atoms. The van der Waals surface area contributed by atoms with Crippen LogP contribution < -0.4 is 10.1 Å². The number of amides is 2. The lowest BCUT2D eigenvalue weighted by Gasteiger charge is -2.32. The van der Waals surface area contributed by atoms with E-state index in [9.17, 15) is 14.0 Å². The summed E-state index contributed by atoms with van der Waals surface area (Å²) in [7, 11) is 0. The summed E-state index contributed by atoms with van der Waals surface area (Å²) >= 11 is 5.93. The van der Waals surface area contributed by atoms with Crippen molar-refractivity contribution in [2.45, 2.75) is 45.3 Å². The van der Waals surface area contributed by atoms with Gasteiger partial charge in [0.15, 0.2) is 6.61 Å². The molecule has 3 rings (SSSR count). The molecule has 0 unspecified atom stereocenters. The average Bonchev–Trinajstić information content (AvgIpc) is 2.87. The van der Waals surface area contributed by atoms with E-state index in [2.05, 4.69) is 5.32 Å². The van der Waals surface area contributed by atoms with Gasteiger partial charge in [-0.15, -0.1) is 0 Å². The molecule has 7 heteroatoms. The van der Waals surface area contributed by atoms with Crippen molar-refractivity contribution in [1.29, 1.82) is 0 Å². The Bertz CT molecular complexity index is 1110. The van der Waals surface area contributed by atoms with Gasteiger partial charge in [-0.2, -0.15) is 0 Å². The molecular weight excluding hydrogens is 467 g/mol. The number of carbonyl (C=O) groups excluding carboxylic acids is 2. The van der Waals surface area contributed by atoms with Gasteiger partial charge in [0.05, 0.1) is 0 Å². The van der Waals surface area contributed by atoms with Gasteiger partial charge >= 0.3 is 0 Å². The Hall–Kier alpha value is -3.38. The molecule has 0 aliphatic heterocycles. The van der Waals surface area contributed by atoms with Crippen LogP contribution in [0.1, 0.15) is 31.4 Å². The van der Waals surface area contributed by atoms with Crippen LogP contribution >= 0.6 is 11.6 Å². The zero-order valence-corrected chi connectivity index (χ0v) is 20.7. The van der Waals surface area contributed by atoms with Gasteiger partial charge in [0.25, 0.3) is 5.91 Å². The fraction of sp³-hybridized carbons (Fsp3) is 0.286. The number of carbonyl (C=O) groups is 2. The van der Waals surface area contributed by atoms with Crippen molar-refractivity contribution in [3.8, 4) is 5.75 Å². The minimum absolute atomic E-state index is 0.0685. The van der Waals surface area contributed by atoms with Crippen LogP contribution in [0.25, 0.3) is 0 Å². The van der Waals surface area contributed by atoms with E-state index in [1.165, 1.54) is 11.0 Å². The van der Waals surface area contributed by atoms with Crippen LogP contribution in [0.5, 0.6) is 5.75 Å². The number of hydrogen-bond donors (Lipinski definition) is 1. The maximum Gasteiger partial charge on any atom is 0.261 e. The molecule has 0 aromatic heterocycles. The average molecular weight is 497 g/mol. The smallest absolute Gasteiger partial charge is 0.261 e. The number of rotatable bonds is 11. The highest BCUT2D eigenvalue weighted by atomic mass is 35.5. The van der Waals surface area contributed by atoms with Crippen molar-refractivity contribution in [2.24, 2.45) is 0 Å². The van der Waals surface area contributed by atoms with Crippen LogP contribution in [0.15, 0.2) is 78.9 Å². The van der Waals surface area contributed by atoms with Crippen LogP contribution in [0.3, 0.4) is 0 Å². The largest absolute Gasteiger partial charge is 0.484 e. The number of benzene rings is 3. The van der Waals surface area contributed by atoms with Gasteiger partial charge in [-0.05, 0) is 49.2 Å². The molecule has 0 bridgehead atoms. The molecule has 2 amide bonds. The maximum atomic E-state index is 14.6. The molecule has 0 fully saturated rings. The second-order valence-corrected chi connectivity index (χ2v) is 8.82. The molecule has 3 aromatic carbocycles. The number of hydrogen-bond acceptors (Lipinski definition) is 3. The first-order valence-electron chi connectivity index (χ1n) is 11.6. The van der Waals surface area contributed by atoms with Crippen molar-refractivity contribution >= 4 is 23.4 Å². The summed E-state index contributed by atoms with van der Waals surface area (Å²) < 4.78 is 20.3. The molecule has 0 spiro atoms. The fourth-order valence-electron chi connectivity index (χ4n) is 3.56. The van der Waals surface area contributed by atoms with Crippen molar-refractivity contribution in [3.63, 3.8) is 0 Å². The summed E-state index contributed by atoms with van der Waals surface area (Å²) in [5.41, 5.74) is 1.21. The molecular formula is C28H30ClFN2O3. The molecule has 184 valence electrons.